The number of nitrogens with one attached hydrogen (secondary N) is 1. The number of carbonyl (C=O) groups excluding carboxylic acids is 2. The van der Waals surface area contributed by atoms with E-state index in [-0.39, 0.29) is 18.1 Å². The first-order valence-corrected chi connectivity index (χ1v) is 10.2. The quantitative estimate of drug-likeness (QED) is 0.405. The summed E-state index contributed by atoms with van der Waals surface area (Å²) >= 11 is 0. The van der Waals surface area contributed by atoms with E-state index in [9.17, 15) is 14.0 Å². The van der Waals surface area contributed by atoms with Crippen LogP contribution in [0.15, 0.2) is 72.8 Å². The Morgan fingerprint density at radius 1 is 1.00 bits per heavy atom. The predicted octanol–water partition coefficient (Wildman–Crippen LogP) is 5.58. The van der Waals surface area contributed by atoms with Crippen molar-refractivity contribution in [3.05, 3.63) is 101 Å². The number of rotatable bonds is 7. The molecule has 1 aliphatic carbocycles. The average Bonchev–Trinajstić information content (AvgIpc) is 3.12. The van der Waals surface area contributed by atoms with E-state index in [4.69, 9.17) is 4.74 Å². The molecular weight excluding hydrogens is 393 g/mol. The fourth-order valence-electron chi connectivity index (χ4n) is 3.88. The SMILES string of the molecule is O=Cc1cc(C=CCCNC(=O)OCC2c3ccccc3-c3ccccc32)ccc1F. The highest BCUT2D eigenvalue weighted by Crippen LogP contribution is 2.44. The summed E-state index contributed by atoms with van der Waals surface area (Å²) in [5, 5.41) is 2.74. The fourth-order valence-corrected chi connectivity index (χ4v) is 3.88. The molecule has 0 atom stereocenters. The van der Waals surface area contributed by atoms with Gasteiger partial charge in [-0.2, -0.15) is 0 Å². The van der Waals surface area contributed by atoms with E-state index in [0.29, 0.717) is 19.3 Å². The van der Waals surface area contributed by atoms with Crippen LogP contribution in [-0.4, -0.2) is 25.5 Å². The lowest BCUT2D eigenvalue weighted by atomic mass is 9.98. The molecule has 1 amide bonds. The normalized spacial score (nSPS) is 12.4. The molecule has 4 rings (SSSR count). The predicted molar refractivity (Wildman–Crippen MR) is 119 cm³/mol. The van der Waals surface area contributed by atoms with Gasteiger partial charge in [-0.15, -0.1) is 0 Å². The number of fused-ring (bicyclic) bond motifs is 3. The monoisotopic (exact) mass is 415 g/mol. The second-order valence-corrected chi connectivity index (χ2v) is 7.34. The average molecular weight is 415 g/mol. The van der Waals surface area contributed by atoms with Crippen LogP contribution in [0.1, 0.15) is 39.4 Å². The topological polar surface area (TPSA) is 55.4 Å². The van der Waals surface area contributed by atoms with Gasteiger partial charge in [0.1, 0.15) is 12.4 Å². The molecule has 4 nitrogen and oxygen atoms in total. The van der Waals surface area contributed by atoms with Gasteiger partial charge in [0.05, 0.1) is 5.56 Å². The van der Waals surface area contributed by atoms with Crippen LogP contribution in [0, 0.1) is 5.82 Å². The van der Waals surface area contributed by atoms with Crippen molar-refractivity contribution < 1.29 is 18.7 Å². The van der Waals surface area contributed by atoms with Gasteiger partial charge >= 0.3 is 6.09 Å². The maximum atomic E-state index is 13.3. The van der Waals surface area contributed by atoms with Crippen LogP contribution in [0.25, 0.3) is 17.2 Å². The third-order valence-corrected chi connectivity index (χ3v) is 5.38. The van der Waals surface area contributed by atoms with Crippen LogP contribution in [0.4, 0.5) is 9.18 Å². The van der Waals surface area contributed by atoms with E-state index in [1.54, 1.807) is 12.1 Å². The zero-order valence-corrected chi connectivity index (χ0v) is 16.9. The highest BCUT2D eigenvalue weighted by Gasteiger charge is 2.28. The smallest absolute Gasteiger partial charge is 0.407 e. The minimum Gasteiger partial charge on any atom is -0.449 e. The fraction of sp³-hybridized carbons (Fsp3) is 0.154. The van der Waals surface area contributed by atoms with Crippen LogP contribution >= 0.6 is 0 Å². The van der Waals surface area contributed by atoms with Crippen LogP contribution in [0.2, 0.25) is 0 Å². The van der Waals surface area contributed by atoms with Gasteiger partial charge < -0.3 is 10.1 Å². The maximum absolute atomic E-state index is 13.3. The molecule has 0 fully saturated rings. The van der Waals surface area contributed by atoms with Gasteiger partial charge in [-0.25, -0.2) is 9.18 Å². The number of hydrogen-bond acceptors (Lipinski definition) is 3. The number of halogens is 1. The zero-order chi connectivity index (χ0) is 21.6. The molecule has 0 aliphatic heterocycles. The largest absolute Gasteiger partial charge is 0.449 e. The summed E-state index contributed by atoms with van der Waals surface area (Å²) in [5.41, 5.74) is 5.48. The molecule has 31 heavy (non-hydrogen) atoms. The lowest BCUT2D eigenvalue weighted by Crippen LogP contribution is -2.26. The molecule has 0 heterocycles. The second kappa shape index (κ2) is 9.39. The standard InChI is InChI=1S/C26H22FNO3/c27-25-13-12-18(15-19(25)16-29)7-5-6-14-28-26(30)31-17-24-22-10-3-1-8-20(22)21-9-2-4-11-23(21)24/h1-5,7-13,15-16,24H,6,14,17H2,(H,28,30). The number of ether oxygens (including phenoxy) is 1. The Balaban J connectivity index is 1.27. The maximum Gasteiger partial charge on any atom is 0.407 e. The number of hydrogen-bond donors (Lipinski definition) is 1. The number of amides is 1. The van der Waals surface area contributed by atoms with Crippen LogP contribution in [-0.2, 0) is 4.74 Å². The molecule has 1 N–H and O–H groups in total. The Morgan fingerprint density at radius 3 is 2.35 bits per heavy atom. The second-order valence-electron chi connectivity index (χ2n) is 7.34. The van der Waals surface area contributed by atoms with E-state index in [1.807, 2.05) is 30.3 Å². The summed E-state index contributed by atoms with van der Waals surface area (Å²) in [7, 11) is 0. The van der Waals surface area contributed by atoms with E-state index in [1.165, 1.54) is 34.4 Å². The van der Waals surface area contributed by atoms with E-state index in [0.717, 1.165) is 5.56 Å². The third-order valence-electron chi connectivity index (χ3n) is 5.38. The molecule has 3 aromatic rings. The van der Waals surface area contributed by atoms with Crippen LogP contribution in [0.3, 0.4) is 0 Å². The Morgan fingerprint density at radius 2 is 1.68 bits per heavy atom. The van der Waals surface area contributed by atoms with E-state index >= 15 is 0 Å². The lowest BCUT2D eigenvalue weighted by molar-refractivity contribution is 0.111. The molecule has 3 aromatic carbocycles. The molecular formula is C26H22FNO3. The van der Waals surface area contributed by atoms with E-state index < -0.39 is 11.9 Å². The Hall–Kier alpha value is -3.73. The van der Waals surface area contributed by atoms with Crippen LogP contribution < -0.4 is 5.32 Å². The minimum absolute atomic E-state index is 0.0268. The number of benzene rings is 3. The first-order chi connectivity index (χ1) is 15.2. The van der Waals surface area contributed by atoms with Crippen molar-refractivity contribution in [3.63, 3.8) is 0 Å². The highest BCUT2D eigenvalue weighted by atomic mass is 19.1. The summed E-state index contributed by atoms with van der Waals surface area (Å²) in [5.74, 6) is -0.507. The van der Waals surface area contributed by atoms with Crippen molar-refractivity contribution in [3.8, 4) is 11.1 Å². The number of alkyl carbamates (subject to hydrolysis) is 1. The van der Waals surface area contributed by atoms with Gasteiger partial charge in [0, 0.05) is 12.5 Å². The van der Waals surface area contributed by atoms with Crippen molar-refractivity contribution in [2.45, 2.75) is 12.3 Å². The van der Waals surface area contributed by atoms with Gasteiger partial charge in [-0.3, -0.25) is 4.79 Å². The summed E-state index contributed by atoms with van der Waals surface area (Å²) in [6.45, 7) is 0.689. The van der Waals surface area contributed by atoms with Gasteiger partial charge in [-0.1, -0.05) is 66.7 Å². The highest BCUT2D eigenvalue weighted by molar-refractivity contribution is 5.79. The third kappa shape index (κ3) is 4.56. The van der Waals surface area contributed by atoms with Crippen LogP contribution in [0.5, 0.6) is 0 Å². The summed E-state index contributed by atoms with van der Waals surface area (Å²) < 4.78 is 18.8. The summed E-state index contributed by atoms with van der Waals surface area (Å²) in [4.78, 5) is 22.9. The Kier molecular flexibility index (Phi) is 6.22. The minimum atomic E-state index is -0.538. The van der Waals surface area contributed by atoms with Gasteiger partial charge in [-0.05, 0) is 46.4 Å². The first kappa shape index (κ1) is 20.5. The Bertz CT molecular complexity index is 1090. The molecule has 156 valence electrons. The Labute approximate surface area is 180 Å². The molecule has 0 bridgehead atoms. The van der Waals surface area contributed by atoms with Crippen molar-refractivity contribution in [2.24, 2.45) is 0 Å². The lowest BCUT2D eigenvalue weighted by Gasteiger charge is -2.14. The molecule has 0 aromatic heterocycles. The summed E-state index contributed by atoms with van der Waals surface area (Å²) in [6, 6.07) is 20.7. The molecule has 0 saturated carbocycles. The van der Waals surface area contributed by atoms with Crippen molar-refractivity contribution >= 4 is 18.5 Å². The van der Waals surface area contributed by atoms with Gasteiger partial charge in [0.15, 0.2) is 6.29 Å². The van der Waals surface area contributed by atoms with Gasteiger partial charge in [0.25, 0.3) is 0 Å². The molecule has 1 aliphatic rings. The number of carbonyl (C=O) groups is 2. The van der Waals surface area contributed by atoms with Gasteiger partial charge in [0.2, 0.25) is 0 Å². The molecule has 5 heteroatoms. The number of aldehydes is 1. The zero-order valence-electron chi connectivity index (χ0n) is 16.9. The molecule has 0 unspecified atom stereocenters. The first-order valence-electron chi connectivity index (χ1n) is 10.2. The molecule has 0 radical (unpaired) electrons. The van der Waals surface area contributed by atoms with E-state index in [2.05, 4.69) is 29.6 Å². The van der Waals surface area contributed by atoms with Crippen molar-refractivity contribution in [1.82, 2.24) is 5.32 Å². The molecule has 0 saturated heterocycles. The van der Waals surface area contributed by atoms with Crippen molar-refractivity contribution in [1.29, 1.82) is 0 Å². The summed E-state index contributed by atoms with van der Waals surface area (Å²) in [6.07, 6.45) is 4.25. The molecule has 0 spiro atoms. The van der Waals surface area contributed by atoms with Crippen molar-refractivity contribution in [2.75, 3.05) is 13.2 Å².